The maximum atomic E-state index is 15.0. The quantitative estimate of drug-likeness (QED) is 0.216. The summed E-state index contributed by atoms with van der Waals surface area (Å²) in [5.74, 6) is 0.808. The number of hydrogen-bond donors (Lipinski definition) is 0. The lowest BCUT2D eigenvalue weighted by molar-refractivity contribution is 0.0315. The van der Waals surface area contributed by atoms with Gasteiger partial charge in [0.15, 0.2) is 11.6 Å². The van der Waals surface area contributed by atoms with Gasteiger partial charge in [-0.2, -0.15) is 4.39 Å². The molecule has 2 fully saturated rings. The van der Waals surface area contributed by atoms with Gasteiger partial charge in [0.2, 0.25) is 5.82 Å². The maximum absolute atomic E-state index is 15.0. The minimum absolute atomic E-state index is 0.0459. The van der Waals surface area contributed by atoms with Gasteiger partial charge in [0.25, 0.3) is 0 Å². The summed E-state index contributed by atoms with van der Waals surface area (Å²) >= 11 is 0. The van der Waals surface area contributed by atoms with E-state index in [1.807, 2.05) is 0 Å². The van der Waals surface area contributed by atoms with E-state index in [-0.39, 0.29) is 17.8 Å². The van der Waals surface area contributed by atoms with Crippen molar-refractivity contribution in [1.82, 2.24) is 0 Å². The van der Waals surface area contributed by atoms with Crippen molar-refractivity contribution in [3.05, 3.63) is 53.6 Å². The molecule has 1 heterocycles. The largest absolute Gasteiger partial charge is 0.490 e. The predicted octanol–water partition coefficient (Wildman–Crippen LogP) is 9.54. The topological polar surface area (TPSA) is 18.5 Å². The fraction of sp³-hybridized carbons (Fsp3) is 0.697. The standard InChI is InChI=1S/C33H48F2O2/c1-3-5-6-7-25-10-12-26(13-11-25)16-18-29-19-17-28(23-36-29)30-20-21-31(33(35)32(30)34)37-22-27-14-8-24(4-2)9-15-27/h10,12,16,18,20-21,24-29H,3-9,11,13-15,17,19,22-23H2,1-2H3. The van der Waals surface area contributed by atoms with E-state index in [4.69, 9.17) is 9.47 Å². The van der Waals surface area contributed by atoms with E-state index < -0.39 is 11.6 Å². The van der Waals surface area contributed by atoms with Gasteiger partial charge in [0, 0.05) is 5.92 Å². The first-order chi connectivity index (χ1) is 18.1. The zero-order valence-electron chi connectivity index (χ0n) is 23.1. The van der Waals surface area contributed by atoms with Gasteiger partial charge < -0.3 is 9.47 Å². The molecule has 206 valence electrons. The Morgan fingerprint density at radius 2 is 1.68 bits per heavy atom. The molecule has 4 atom stereocenters. The van der Waals surface area contributed by atoms with Crippen LogP contribution in [-0.4, -0.2) is 19.3 Å². The van der Waals surface area contributed by atoms with E-state index in [9.17, 15) is 8.78 Å². The molecule has 4 heteroatoms. The van der Waals surface area contributed by atoms with E-state index in [2.05, 4.69) is 38.2 Å². The van der Waals surface area contributed by atoms with Crippen LogP contribution in [0.1, 0.15) is 109 Å². The SMILES string of the molecule is CCCCCC1C=CC(C=CC2CCC(c3ccc(OCC4CCC(CC)CC4)c(F)c3F)CO2)CC1. The number of hydrogen-bond acceptors (Lipinski definition) is 2. The predicted molar refractivity (Wildman–Crippen MR) is 148 cm³/mol. The highest BCUT2D eigenvalue weighted by atomic mass is 19.2. The first kappa shape index (κ1) is 28.3. The van der Waals surface area contributed by atoms with Gasteiger partial charge >= 0.3 is 0 Å². The molecule has 1 saturated heterocycles. The van der Waals surface area contributed by atoms with Crippen molar-refractivity contribution < 1.29 is 18.3 Å². The van der Waals surface area contributed by atoms with E-state index in [1.54, 1.807) is 12.1 Å². The Bertz CT molecular complexity index is 879. The highest BCUT2D eigenvalue weighted by Gasteiger charge is 2.27. The van der Waals surface area contributed by atoms with Gasteiger partial charge in [-0.25, -0.2) is 4.39 Å². The second-order valence-corrected chi connectivity index (χ2v) is 11.8. The first-order valence-electron chi connectivity index (χ1n) is 15.2. The first-order valence-corrected chi connectivity index (χ1v) is 15.2. The molecule has 2 aliphatic carbocycles. The van der Waals surface area contributed by atoms with Gasteiger partial charge in [-0.05, 0) is 80.2 Å². The zero-order valence-corrected chi connectivity index (χ0v) is 23.1. The van der Waals surface area contributed by atoms with E-state index in [0.29, 0.717) is 30.6 Å². The molecule has 3 aliphatic rings. The highest BCUT2D eigenvalue weighted by molar-refractivity contribution is 5.33. The van der Waals surface area contributed by atoms with Gasteiger partial charge in [-0.15, -0.1) is 0 Å². The minimum atomic E-state index is -0.848. The van der Waals surface area contributed by atoms with Crippen LogP contribution >= 0.6 is 0 Å². The summed E-state index contributed by atoms with van der Waals surface area (Å²) < 4.78 is 41.6. The summed E-state index contributed by atoms with van der Waals surface area (Å²) in [6.07, 6.45) is 24.6. The van der Waals surface area contributed by atoms with Gasteiger partial charge in [0.05, 0.1) is 19.3 Å². The molecule has 37 heavy (non-hydrogen) atoms. The lowest BCUT2D eigenvalue weighted by Gasteiger charge is -2.29. The van der Waals surface area contributed by atoms with E-state index >= 15 is 0 Å². The van der Waals surface area contributed by atoms with Crippen LogP contribution in [0.25, 0.3) is 0 Å². The van der Waals surface area contributed by atoms with Crippen LogP contribution in [0.2, 0.25) is 0 Å². The Hall–Kier alpha value is -1.68. The lowest BCUT2D eigenvalue weighted by atomic mass is 9.81. The Morgan fingerprint density at radius 1 is 0.865 bits per heavy atom. The number of rotatable bonds is 11. The molecule has 1 aromatic carbocycles. The van der Waals surface area contributed by atoms with Crippen molar-refractivity contribution in [3.63, 3.8) is 0 Å². The molecular weight excluding hydrogens is 466 g/mol. The molecule has 4 unspecified atom stereocenters. The van der Waals surface area contributed by atoms with Gasteiger partial charge in [0.1, 0.15) is 0 Å². The molecule has 0 aromatic heterocycles. The third kappa shape index (κ3) is 8.15. The van der Waals surface area contributed by atoms with Crippen LogP contribution in [0.15, 0.2) is 36.4 Å². The minimum Gasteiger partial charge on any atom is -0.490 e. The molecule has 4 rings (SSSR count). The van der Waals surface area contributed by atoms with Crippen LogP contribution in [0, 0.1) is 35.3 Å². The van der Waals surface area contributed by atoms with Crippen molar-refractivity contribution in [2.24, 2.45) is 23.7 Å². The van der Waals surface area contributed by atoms with Crippen molar-refractivity contribution in [2.45, 2.75) is 109 Å². The van der Waals surface area contributed by atoms with Gasteiger partial charge in [-0.3, -0.25) is 0 Å². The number of ether oxygens (including phenoxy) is 2. The van der Waals surface area contributed by atoms with Crippen molar-refractivity contribution in [1.29, 1.82) is 0 Å². The Kier molecular flexibility index (Phi) is 11.1. The molecule has 1 aromatic rings. The fourth-order valence-corrected chi connectivity index (χ4v) is 6.38. The Labute approximate surface area is 223 Å². The fourth-order valence-electron chi connectivity index (χ4n) is 6.38. The molecule has 0 bridgehead atoms. The monoisotopic (exact) mass is 514 g/mol. The summed E-state index contributed by atoms with van der Waals surface area (Å²) in [4.78, 5) is 0. The molecule has 0 radical (unpaired) electrons. The normalized spacial score (nSPS) is 30.6. The number of halogens is 2. The van der Waals surface area contributed by atoms with Crippen LogP contribution in [-0.2, 0) is 4.74 Å². The number of benzene rings is 1. The van der Waals surface area contributed by atoms with E-state index in [1.165, 1.54) is 57.8 Å². The maximum Gasteiger partial charge on any atom is 0.200 e. The Balaban J connectivity index is 1.22. The second-order valence-electron chi connectivity index (χ2n) is 11.8. The zero-order chi connectivity index (χ0) is 26.0. The second kappa shape index (κ2) is 14.5. The Morgan fingerprint density at radius 3 is 2.35 bits per heavy atom. The summed E-state index contributed by atoms with van der Waals surface area (Å²) in [5.41, 5.74) is 0.417. The van der Waals surface area contributed by atoms with Crippen molar-refractivity contribution in [2.75, 3.05) is 13.2 Å². The molecular formula is C33H48F2O2. The molecule has 1 saturated carbocycles. The van der Waals surface area contributed by atoms with Gasteiger partial charge in [-0.1, -0.05) is 82.7 Å². The lowest BCUT2D eigenvalue weighted by Crippen LogP contribution is -2.24. The third-order valence-corrected chi connectivity index (χ3v) is 9.10. The summed E-state index contributed by atoms with van der Waals surface area (Å²) in [6, 6.07) is 3.32. The number of allylic oxidation sites excluding steroid dienone is 3. The molecule has 0 spiro atoms. The third-order valence-electron chi connectivity index (χ3n) is 9.10. The van der Waals surface area contributed by atoms with Crippen molar-refractivity contribution in [3.8, 4) is 5.75 Å². The molecule has 0 N–H and O–H groups in total. The average molecular weight is 515 g/mol. The van der Waals surface area contributed by atoms with E-state index in [0.717, 1.165) is 37.5 Å². The molecule has 0 amide bonds. The van der Waals surface area contributed by atoms with Crippen LogP contribution < -0.4 is 4.74 Å². The summed E-state index contributed by atoms with van der Waals surface area (Å²) in [6.45, 7) is 5.40. The van der Waals surface area contributed by atoms with Crippen LogP contribution in [0.5, 0.6) is 5.75 Å². The summed E-state index contributed by atoms with van der Waals surface area (Å²) in [7, 11) is 0. The molecule has 2 nitrogen and oxygen atoms in total. The van der Waals surface area contributed by atoms with Crippen LogP contribution in [0.3, 0.4) is 0 Å². The van der Waals surface area contributed by atoms with Crippen LogP contribution in [0.4, 0.5) is 8.78 Å². The number of unbranched alkanes of at least 4 members (excludes halogenated alkanes) is 2. The highest BCUT2D eigenvalue weighted by Crippen LogP contribution is 2.35. The summed E-state index contributed by atoms with van der Waals surface area (Å²) in [5, 5.41) is 0. The average Bonchev–Trinajstić information content (AvgIpc) is 2.94. The van der Waals surface area contributed by atoms with Crippen molar-refractivity contribution >= 4 is 0 Å². The molecule has 1 aliphatic heterocycles. The smallest absolute Gasteiger partial charge is 0.200 e.